The molecule has 0 amide bonds. The minimum absolute atomic E-state index is 0.376. The van der Waals surface area contributed by atoms with E-state index in [1.54, 1.807) is 0 Å². The average molecular weight is 211 g/mol. The second-order valence-corrected chi connectivity index (χ2v) is 5.43. The van der Waals surface area contributed by atoms with Crippen LogP contribution in [0.25, 0.3) is 0 Å². The van der Waals surface area contributed by atoms with Crippen LogP contribution in [0.15, 0.2) is 0 Å². The minimum atomic E-state index is 0.376. The fourth-order valence-electron chi connectivity index (χ4n) is 3.70. The van der Waals surface area contributed by atoms with Gasteiger partial charge in [-0.3, -0.25) is 0 Å². The average Bonchev–Trinajstić information content (AvgIpc) is 2.72. The molecule has 2 fully saturated rings. The molecule has 1 saturated heterocycles. The van der Waals surface area contributed by atoms with Crippen LogP contribution >= 0.6 is 0 Å². The summed E-state index contributed by atoms with van der Waals surface area (Å²) in [7, 11) is 0. The summed E-state index contributed by atoms with van der Waals surface area (Å²) in [5.74, 6) is 3.57. The predicted molar refractivity (Wildman–Crippen MR) is 62.7 cm³/mol. The molecular formula is C13H25NO. The van der Waals surface area contributed by atoms with Crippen molar-refractivity contribution in [3.05, 3.63) is 0 Å². The summed E-state index contributed by atoms with van der Waals surface area (Å²) in [4.78, 5) is 0. The van der Waals surface area contributed by atoms with Crippen LogP contribution in [0, 0.1) is 23.7 Å². The number of aliphatic hydroxyl groups excluding tert-OH is 1. The Balaban J connectivity index is 1.87. The van der Waals surface area contributed by atoms with Crippen molar-refractivity contribution in [1.82, 2.24) is 5.32 Å². The van der Waals surface area contributed by atoms with E-state index in [0.717, 1.165) is 30.1 Å². The van der Waals surface area contributed by atoms with Crippen LogP contribution in [-0.4, -0.2) is 24.8 Å². The molecule has 1 heterocycles. The number of nitrogens with one attached hydrogen (secondary N) is 1. The molecule has 2 rings (SSSR count). The maximum atomic E-state index is 9.07. The van der Waals surface area contributed by atoms with E-state index in [1.165, 1.54) is 38.8 Å². The number of hydrogen-bond acceptors (Lipinski definition) is 2. The molecule has 4 unspecified atom stereocenters. The van der Waals surface area contributed by atoms with Crippen molar-refractivity contribution in [2.75, 3.05) is 19.7 Å². The molecule has 0 bridgehead atoms. The zero-order chi connectivity index (χ0) is 10.7. The van der Waals surface area contributed by atoms with Gasteiger partial charge in [0.15, 0.2) is 0 Å². The van der Waals surface area contributed by atoms with E-state index in [2.05, 4.69) is 12.2 Å². The molecule has 0 spiro atoms. The first-order chi connectivity index (χ1) is 7.35. The van der Waals surface area contributed by atoms with E-state index in [9.17, 15) is 0 Å². The number of hydrogen-bond donors (Lipinski definition) is 2. The van der Waals surface area contributed by atoms with Gasteiger partial charge < -0.3 is 10.4 Å². The zero-order valence-corrected chi connectivity index (χ0v) is 9.91. The third-order valence-electron chi connectivity index (χ3n) is 4.68. The van der Waals surface area contributed by atoms with Crippen molar-refractivity contribution in [3.8, 4) is 0 Å². The van der Waals surface area contributed by atoms with Gasteiger partial charge in [-0.05, 0) is 62.4 Å². The Morgan fingerprint density at radius 1 is 1.27 bits per heavy atom. The van der Waals surface area contributed by atoms with Crippen molar-refractivity contribution >= 4 is 0 Å². The lowest BCUT2D eigenvalue weighted by atomic mass is 9.70. The maximum absolute atomic E-state index is 9.07. The van der Waals surface area contributed by atoms with Gasteiger partial charge in [0.25, 0.3) is 0 Å². The molecule has 15 heavy (non-hydrogen) atoms. The van der Waals surface area contributed by atoms with Gasteiger partial charge in [-0.25, -0.2) is 0 Å². The van der Waals surface area contributed by atoms with Crippen LogP contribution in [-0.2, 0) is 0 Å². The van der Waals surface area contributed by atoms with Gasteiger partial charge in [-0.1, -0.05) is 13.3 Å². The summed E-state index contributed by atoms with van der Waals surface area (Å²) in [6, 6.07) is 0. The molecule has 4 atom stereocenters. The van der Waals surface area contributed by atoms with Crippen LogP contribution in [0.3, 0.4) is 0 Å². The summed E-state index contributed by atoms with van der Waals surface area (Å²) in [6.45, 7) is 5.16. The Bertz CT molecular complexity index is 195. The SMILES string of the molecule is CCC(CCO)C1CCC2CNCC2C1. The van der Waals surface area contributed by atoms with E-state index in [0.29, 0.717) is 6.61 Å². The highest BCUT2D eigenvalue weighted by Gasteiger charge is 2.35. The summed E-state index contributed by atoms with van der Waals surface area (Å²) >= 11 is 0. The highest BCUT2D eigenvalue weighted by atomic mass is 16.3. The standard InChI is InChI=1S/C13H25NO/c1-2-10(5-6-15)11-3-4-12-8-14-9-13(12)7-11/h10-15H,2-9H2,1H3. The third-order valence-corrected chi connectivity index (χ3v) is 4.68. The first-order valence-electron chi connectivity index (χ1n) is 6.66. The van der Waals surface area contributed by atoms with Gasteiger partial charge in [0, 0.05) is 6.61 Å². The van der Waals surface area contributed by atoms with Crippen molar-refractivity contribution in [2.24, 2.45) is 23.7 Å². The first-order valence-corrected chi connectivity index (χ1v) is 6.66. The Labute approximate surface area is 93.5 Å². The van der Waals surface area contributed by atoms with Crippen LogP contribution in [0.4, 0.5) is 0 Å². The number of aliphatic hydroxyl groups is 1. The fourth-order valence-corrected chi connectivity index (χ4v) is 3.70. The molecule has 0 aromatic heterocycles. The van der Waals surface area contributed by atoms with E-state index in [1.807, 2.05) is 0 Å². The van der Waals surface area contributed by atoms with Crippen LogP contribution < -0.4 is 5.32 Å². The first kappa shape index (κ1) is 11.4. The Hall–Kier alpha value is -0.0800. The molecule has 0 aromatic carbocycles. The van der Waals surface area contributed by atoms with Gasteiger partial charge in [-0.15, -0.1) is 0 Å². The highest BCUT2D eigenvalue weighted by Crippen LogP contribution is 2.40. The normalized spacial score (nSPS) is 37.6. The zero-order valence-electron chi connectivity index (χ0n) is 9.91. The second kappa shape index (κ2) is 5.31. The molecule has 88 valence electrons. The lowest BCUT2D eigenvalue weighted by molar-refractivity contribution is 0.138. The molecule has 0 aromatic rings. The van der Waals surface area contributed by atoms with Crippen molar-refractivity contribution in [2.45, 2.75) is 39.0 Å². The quantitative estimate of drug-likeness (QED) is 0.746. The molecule has 2 heteroatoms. The lowest BCUT2D eigenvalue weighted by Gasteiger charge is -2.35. The summed E-state index contributed by atoms with van der Waals surface area (Å²) in [6.07, 6.45) is 6.50. The monoisotopic (exact) mass is 211 g/mol. The van der Waals surface area contributed by atoms with Crippen molar-refractivity contribution < 1.29 is 5.11 Å². The van der Waals surface area contributed by atoms with Gasteiger partial charge in [-0.2, -0.15) is 0 Å². The van der Waals surface area contributed by atoms with Crippen molar-refractivity contribution in [1.29, 1.82) is 0 Å². The summed E-state index contributed by atoms with van der Waals surface area (Å²) < 4.78 is 0. The molecule has 1 aliphatic carbocycles. The smallest absolute Gasteiger partial charge is 0.0433 e. The molecule has 2 aliphatic rings. The van der Waals surface area contributed by atoms with Gasteiger partial charge >= 0.3 is 0 Å². The van der Waals surface area contributed by atoms with Gasteiger partial charge in [0.1, 0.15) is 0 Å². The van der Waals surface area contributed by atoms with Crippen LogP contribution in [0.1, 0.15) is 39.0 Å². The Morgan fingerprint density at radius 2 is 2.07 bits per heavy atom. The van der Waals surface area contributed by atoms with Crippen molar-refractivity contribution in [3.63, 3.8) is 0 Å². The molecule has 2 N–H and O–H groups in total. The molecular weight excluding hydrogens is 186 g/mol. The Morgan fingerprint density at radius 3 is 2.80 bits per heavy atom. The van der Waals surface area contributed by atoms with E-state index in [-0.39, 0.29) is 0 Å². The lowest BCUT2D eigenvalue weighted by Crippen LogP contribution is -2.28. The number of fused-ring (bicyclic) bond motifs is 1. The van der Waals surface area contributed by atoms with E-state index >= 15 is 0 Å². The van der Waals surface area contributed by atoms with Gasteiger partial charge in [0.05, 0.1) is 0 Å². The molecule has 2 nitrogen and oxygen atoms in total. The van der Waals surface area contributed by atoms with Crippen LogP contribution in [0.5, 0.6) is 0 Å². The molecule has 0 radical (unpaired) electrons. The highest BCUT2D eigenvalue weighted by molar-refractivity contribution is 4.89. The maximum Gasteiger partial charge on any atom is 0.0433 e. The third kappa shape index (κ3) is 2.54. The predicted octanol–water partition coefficient (Wildman–Crippen LogP) is 2.03. The van der Waals surface area contributed by atoms with E-state index in [4.69, 9.17) is 5.11 Å². The second-order valence-electron chi connectivity index (χ2n) is 5.43. The molecule has 1 aliphatic heterocycles. The van der Waals surface area contributed by atoms with E-state index < -0.39 is 0 Å². The van der Waals surface area contributed by atoms with Crippen LogP contribution in [0.2, 0.25) is 0 Å². The molecule has 1 saturated carbocycles. The summed E-state index contributed by atoms with van der Waals surface area (Å²) in [5.41, 5.74) is 0. The summed E-state index contributed by atoms with van der Waals surface area (Å²) in [5, 5.41) is 12.6. The van der Waals surface area contributed by atoms with Gasteiger partial charge in [0.2, 0.25) is 0 Å². The number of rotatable bonds is 4. The largest absolute Gasteiger partial charge is 0.396 e. The minimum Gasteiger partial charge on any atom is -0.396 e. The topological polar surface area (TPSA) is 32.3 Å². The fraction of sp³-hybridized carbons (Fsp3) is 1.00. The Kier molecular flexibility index (Phi) is 4.04.